The van der Waals surface area contributed by atoms with Crippen LogP contribution < -0.4 is 37.5 Å². The maximum atomic E-state index is 13.8. The number of imidazole rings is 2. The fourth-order valence-corrected chi connectivity index (χ4v) is 7.41. The topological polar surface area (TPSA) is 282 Å². The summed E-state index contributed by atoms with van der Waals surface area (Å²) in [6, 6.07) is 7.92. The van der Waals surface area contributed by atoms with E-state index in [0.29, 0.717) is 77.6 Å². The molecule has 1 aromatic carbocycles. The lowest BCUT2D eigenvalue weighted by Crippen LogP contribution is -2.47. The van der Waals surface area contributed by atoms with Gasteiger partial charge in [-0.15, -0.1) is 0 Å². The molecule has 1 saturated heterocycles. The summed E-state index contributed by atoms with van der Waals surface area (Å²) >= 11 is 0. The molecule has 0 saturated carbocycles. The highest BCUT2D eigenvalue weighted by Gasteiger charge is 2.23. The average molecular weight is 877 g/mol. The molecule has 6 heterocycles. The highest BCUT2D eigenvalue weighted by Crippen LogP contribution is 2.32. The Bertz CT molecular complexity index is 2760. The number of fused-ring (bicyclic) bond motifs is 2. The summed E-state index contributed by atoms with van der Waals surface area (Å²) in [5.74, 6) is -1.74. The number of hydrogen-bond donors (Lipinski definition) is 6. The van der Waals surface area contributed by atoms with Crippen LogP contribution in [0.25, 0.3) is 22.2 Å². The Kier molecular flexibility index (Phi) is 13.7. The van der Waals surface area contributed by atoms with Crippen LogP contribution in [0, 0.1) is 13.8 Å². The van der Waals surface area contributed by atoms with Crippen LogP contribution in [0.1, 0.15) is 73.3 Å². The summed E-state index contributed by atoms with van der Waals surface area (Å²) in [6.45, 7) is 12.7. The third kappa shape index (κ3) is 10.1. The van der Waals surface area contributed by atoms with E-state index in [4.69, 9.17) is 21.2 Å². The second-order valence-corrected chi connectivity index (χ2v) is 15.2. The quantitative estimate of drug-likeness (QED) is 0.0499. The van der Waals surface area contributed by atoms with E-state index in [1.807, 2.05) is 26.0 Å². The van der Waals surface area contributed by atoms with E-state index in [0.717, 1.165) is 26.2 Å². The smallest absolute Gasteiger partial charge is 0.276 e. The molecule has 0 unspecified atom stereocenters. The highest BCUT2D eigenvalue weighted by molar-refractivity contribution is 6.05. The molecule has 5 aromatic heterocycles. The highest BCUT2D eigenvalue weighted by atomic mass is 16.5. The van der Waals surface area contributed by atoms with E-state index < -0.39 is 23.6 Å². The minimum Gasteiger partial charge on any atom is -0.491 e. The summed E-state index contributed by atoms with van der Waals surface area (Å²) < 4.78 is 12.9. The lowest BCUT2D eigenvalue weighted by molar-refractivity contribution is -0.122. The normalized spacial score (nSPS) is 13.2. The molecule has 0 atom stereocenters. The van der Waals surface area contributed by atoms with Gasteiger partial charge in [0.15, 0.2) is 5.65 Å². The number of nitrogens with one attached hydrogen (secondary N) is 4. The number of nitrogens with two attached hydrogens (primary N) is 2. The number of rotatable bonds is 19. The van der Waals surface area contributed by atoms with Crippen molar-refractivity contribution in [2.24, 2.45) is 11.5 Å². The largest absolute Gasteiger partial charge is 0.491 e. The molecule has 8 N–H and O–H groups in total. The molecule has 336 valence electrons. The molecule has 1 fully saturated rings. The van der Waals surface area contributed by atoms with Crippen LogP contribution >= 0.6 is 0 Å². The monoisotopic (exact) mass is 876 g/mol. The average Bonchev–Trinajstić information content (AvgIpc) is 4.04. The molecule has 22 heteroatoms. The van der Waals surface area contributed by atoms with E-state index in [-0.39, 0.29) is 54.4 Å². The van der Waals surface area contributed by atoms with Gasteiger partial charge < -0.3 is 31.4 Å². The Labute approximate surface area is 367 Å². The molecule has 0 aliphatic carbocycles. The van der Waals surface area contributed by atoms with Crippen molar-refractivity contribution in [3.05, 3.63) is 82.6 Å². The lowest BCUT2D eigenvalue weighted by atomic mass is 10.1. The van der Waals surface area contributed by atoms with Crippen molar-refractivity contribution < 1.29 is 28.7 Å². The van der Waals surface area contributed by atoms with Gasteiger partial charge in [-0.2, -0.15) is 10.2 Å². The van der Waals surface area contributed by atoms with Crippen LogP contribution in [-0.2, 0) is 31.0 Å². The number of ether oxygens (including phenoxy) is 1. The first-order valence-electron chi connectivity index (χ1n) is 21.0. The zero-order chi connectivity index (χ0) is 45.5. The first kappa shape index (κ1) is 44.6. The fourth-order valence-electron chi connectivity index (χ4n) is 7.41. The molecule has 7 rings (SSSR count). The number of anilines is 2. The number of pyridine rings is 1. The Morgan fingerprint density at radius 3 is 1.97 bits per heavy atom. The van der Waals surface area contributed by atoms with Crippen LogP contribution in [-0.4, -0.2) is 124 Å². The van der Waals surface area contributed by atoms with E-state index in [9.17, 15) is 24.0 Å². The van der Waals surface area contributed by atoms with Gasteiger partial charge in [-0.1, -0.05) is 12.2 Å². The molecule has 64 heavy (non-hydrogen) atoms. The van der Waals surface area contributed by atoms with Gasteiger partial charge in [0.2, 0.25) is 29.6 Å². The number of hydrogen-bond acceptors (Lipinski definition) is 13. The second kappa shape index (κ2) is 19.7. The summed E-state index contributed by atoms with van der Waals surface area (Å²) in [5.41, 5.74) is 15.1. The van der Waals surface area contributed by atoms with Gasteiger partial charge in [-0.25, -0.2) is 15.0 Å². The summed E-state index contributed by atoms with van der Waals surface area (Å²) in [5, 5.41) is 20.8. The van der Waals surface area contributed by atoms with Crippen molar-refractivity contribution in [2.45, 2.75) is 60.3 Å². The Hall–Kier alpha value is -7.46. The van der Waals surface area contributed by atoms with Gasteiger partial charge >= 0.3 is 0 Å². The van der Waals surface area contributed by atoms with Crippen molar-refractivity contribution in [3.63, 3.8) is 0 Å². The first-order valence-corrected chi connectivity index (χ1v) is 21.0. The number of piperazine rings is 1. The number of nitrogens with zero attached hydrogens (tertiary/aromatic N) is 10. The Morgan fingerprint density at radius 1 is 0.781 bits per heavy atom. The molecule has 6 aromatic rings. The number of carbonyl (C=O) groups is 5. The summed E-state index contributed by atoms with van der Waals surface area (Å²) in [6.07, 6.45) is 5.44. The standard InChI is InChI=1S/C42H52N16O6/c1-5-57-31(18-25(3)52-57)39(62)50-41-48-29-20-27(36(43)60)22-33(64-17-9-10-46-34(59)24-54-15-11-45-12-16-54)35(29)55(41)13-7-8-14-56-38-30(21-28(23-47-38)37(44)61)49-42(56)51-40(63)32-19-26(4)53-58(32)6-2/h7-8,18-23,45H,5-6,9-17,24H2,1-4H3,(H2,43,60)(H2,44,61)(H,46,59)(H,48,50,62)(H,49,51,63)/b8-7+. The number of benzene rings is 1. The molecule has 0 spiro atoms. The van der Waals surface area contributed by atoms with Crippen LogP contribution in [0.4, 0.5) is 11.9 Å². The predicted molar refractivity (Wildman–Crippen MR) is 237 cm³/mol. The van der Waals surface area contributed by atoms with Gasteiger partial charge in [0.25, 0.3) is 11.8 Å². The number of carbonyl (C=O) groups excluding carboxylic acids is 5. The zero-order valence-electron chi connectivity index (χ0n) is 36.2. The van der Waals surface area contributed by atoms with Crippen molar-refractivity contribution in [1.29, 1.82) is 0 Å². The van der Waals surface area contributed by atoms with Crippen molar-refractivity contribution in [1.82, 2.24) is 59.2 Å². The number of aryl methyl sites for hydroxylation is 4. The third-order valence-electron chi connectivity index (χ3n) is 10.5. The number of primary amides is 2. The molecule has 5 amide bonds. The minimum atomic E-state index is -0.699. The van der Waals surface area contributed by atoms with Gasteiger partial charge in [-0.05, 0) is 64.4 Å². The van der Waals surface area contributed by atoms with Crippen molar-refractivity contribution >= 4 is 63.6 Å². The van der Waals surface area contributed by atoms with Crippen molar-refractivity contribution in [3.8, 4) is 5.75 Å². The lowest BCUT2D eigenvalue weighted by Gasteiger charge is -2.26. The Balaban J connectivity index is 1.18. The van der Waals surface area contributed by atoms with E-state index in [2.05, 4.69) is 46.3 Å². The molecule has 22 nitrogen and oxygen atoms in total. The van der Waals surface area contributed by atoms with Crippen LogP contribution in [0.3, 0.4) is 0 Å². The van der Waals surface area contributed by atoms with Crippen LogP contribution in [0.2, 0.25) is 0 Å². The van der Waals surface area contributed by atoms with E-state index in [1.165, 1.54) is 24.4 Å². The number of aromatic nitrogens is 9. The Morgan fingerprint density at radius 2 is 1.36 bits per heavy atom. The summed E-state index contributed by atoms with van der Waals surface area (Å²) in [4.78, 5) is 80.4. The number of amides is 5. The SMILES string of the molecule is CCn1nc(C)cc1C(=O)Nc1nc2cc(C(N)=O)cnc2n1C/C=C/Cn1c(NC(=O)c2cc(C)nn2CC)nc2cc(C(N)=O)cc(OCCCNC(=O)CN3CCNCC3)c21. The molecule has 1 aliphatic heterocycles. The molecular formula is C42H52N16O6. The van der Waals surface area contributed by atoms with Crippen LogP contribution in [0.15, 0.2) is 48.7 Å². The molecule has 0 radical (unpaired) electrons. The predicted octanol–water partition coefficient (Wildman–Crippen LogP) is 1.58. The van der Waals surface area contributed by atoms with Gasteiger partial charge in [0, 0.05) is 70.7 Å². The van der Waals surface area contributed by atoms with Gasteiger partial charge in [0.1, 0.15) is 28.2 Å². The number of allylic oxidation sites excluding steroid dienone is 2. The first-order chi connectivity index (χ1) is 30.8. The van der Waals surface area contributed by atoms with E-state index >= 15 is 0 Å². The zero-order valence-corrected chi connectivity index (χ0v) is 36.2. The van der Waals surface area contributed by atoms with Gasteiger partial charge in [0.05, 0.1) is 35.6 Å². The van der Waals surface area contributed by atoms with Crippen LogP contribution in [0.5, 0.6) is 5.75 Å². The van der Waals surface area contributed by atoms with E-state index in [1.54, 1.807) is 44.5 Å². The third-order valence-corrected chi connectivity index (χ3v) is 10.5. The minimum absolute atomic E-state index is 0.0757. The molecule has 0 bridgehead atoms. The maximum absolute atomic E-state index is 13.8. The fraction of sp³-hybridized carbons (Fsp3) is 0.381. The molecule has 1 aliphatic rings. The maximum Gasteiger partial charge on any atom is 0.276 e. The second-order valence-electron chi connectivity index (χ2n) is 15.2. The summed E-state index contributed by atoms with van der Waals surface area (Å²) in [7, 11) is 0. The van der Waals surface area contributed by atoms with Gasteiger partial charge in [-0.3, -0.25) is 53.4 Å². The molecular weight excluding hydrogens is 825 g/mol. The van der Waals surface area contributed by atoms with Crippen molar-refractivity contribution in [2.75, 3.05) is 56.5 Å².